The van der Waals surface area contributed by atoms with E-state index in [1.54, 1.807) is 6.92 Å². The number of hydrogen-bond donors (Lipinski definition) is 0. The third kappa shape index (κ3) is 3.52. The predicted molar refractivity (Wildman–Crippen MR) is 72.9 cm³/mol. The van der Waals surface area contributed by atoms with Crippen molar-refractivity contribution in [2.45, 2.75) is 12.8 Å². The van der Waals surface area contributed by atoms with Crippen LogP contribution in [0.1, 0.15) is 23.0 Å². The Morgan fingerprint density at radius 3 is 2.52 bits per heavy atom. The van der Waals surface area contributed by atoms with Gasteiger partial charge in [-0.2, -0.15) is 0 Å². The highest BCUT2D eigenvalue weighted by molar-refractivity contribution is 6.17. The van der Waals surface area contributed by atoms with Gasteiger partial charge in [0.2, 0.25) is 0 Å². The van der Waals surface area contributed by atoms with Crippen LogP contribution in [0.2, 0.25) is 0 Å². The molecule has 0 spiro atoms. The predicted octanol–water partition coefficient (Wildman–Crippen LogP) is 3.34. The first-order chi connectivity index (χ1) is 10.0. The Kier molecular flexibility index (Phi) is 4.80. The van der Waals surface area contributed by atoms with Crippen LogP contribution in [0, 0.1) is 11.6 Å². The fourth-order valence-electron chi connectivity index (χ4n) is 1.72. The molecule has 21 heavy (non-hydrogen) atoms. The lowest BCUT2D eigenvalue weighted by Crippen LogP contribution is -2.10. The minimum Gasteiger partial charge on any atom is -0.462 e. The van der Waals surface area contributed by atoms with Gasteiger partial charge in [-0.15, -0.1) is 11.6 Å². The normalized spacial score (nSPS) is 10.5. The van der Waals surface area contributed by atoms with Crippen LogP contribution < -0.4 is 0 Å². The van der Waals surface area contributed by atoms with E-state index in [9.17, 15) is 13.6 Å². The van der Waals surface area contributed by atoms with Gasteiger partial charge >= 0.3 is 5.97 Å². The number of ether oxygens (including phenoxy) is 1. The maximum Gasteiger partial charge on any atom is 0.341 e. The SMILES string of the molecule is CCOC(=O)c1cnc(-c2cc(F)cc(F)c2)nc1CCl. The van der Waals surface area contributed by atoms with Gasteiger partial charge in [-0.25, -0.2) is 23.5 Å². The molecule has 1 aromatic carbocycles. The number of carbonyl (C=O) groups is 1. The molecule has 110 valence electrons. The zero-order valence-electron chi connectivity index (χ0n) is 11.1. The second-order valence-electron chi connectivity index (χ2n) is 4.07. The average Bonchev–Trinajstić information content (AvgIpc) is 2.45. The number of aromatic nitrogens is 2. The number of benzene rings is 1. The monoisotopic (exact) mass is 312 g/mol. The molecule has 2 aromatic rings. The zero-order chi connectivity index (χ0) is 15.4. The van der Waals surface area contributed by atoms with Gasteiger partial charge in [0.25, 0.3) is 0 Å². The van der Waals surface area contributed by atoms with Crippen molar-refractivity contribution < 1.29 is 18.3 Å². The van der Waals surface area contributed by atoms with E-state index in [2.05, 4.69) is 9.97 Å². The molecule has 0 aliphatic rings. The summed E-state index contributed by atoms with van der Waals surface area (Å²) in [6.45, 7) is 1.88. The molecule has 0 N–H and O–H groups in total. The Balaban J connectivity index is 2.45. The van der Waals surface area contributed by atoms with Crippen LogP contribution in [0.4, 0.5) is 8.78 Å². The minimum atomic E-state index is -0.740. The van der Waals surface area contributed by atoms with E-state index in [1.165, 1.54) is 6.20 Å². The Morgan fingerprint density at radius 1 is 1.29 bits per heavy atom. The van der Waals surface area contributed by atoms with Gasteiger partial charge in [-0.05, 0) is 19.1 Å². The smallest absolute Gasteiger partial charge is 0.341 e. The highest BCUT2D eigenvalue weighted by Gasteiger charge is 2.16. The summed E-state index contributed by atoms with van der Waals surface area (Å²) in [5.41, 5.74) is 0.534. The van der Waals surface area contributed by atoms with E-state index in [0.29, 0.717) is 0 Å². The van der Waals surface area contributed by atoms with Crippen molar-refractivity contribution >= 4 is 17.6 Å². The molecular weight excluding hydrogens is 302 g/mol. The van der Waals surface area contributed by atoms with Gasteiger partial charge in [0.05, 0.1) is 18.2 Å². The van der Waals surface area contributed by atoms with Crippen LogP contribution in [-0.4, -0.2) is 22.5 Å². The number of esters is 1. The third-order valence-electron chi connectivity index (χ3n) is 2.61. The third-order valence-corrected chi connectivity index (χ3v) is 2.86. The maximum absolute atomic E-state index is 13.2. The van der Waals surface area contributed by atoms with E-state index >= 15 is 0 Å². The fraction of sp³-hybridized carbons (Fsp3) is 0.214. The first-order valence-electron chi connectivity index (χ1n) is 6.10. The van der Waals surface area contributed by atoms with E-state index in [4.69, 9.17) is 16.3 Å². The molecule has 0 unspecified atom stereocenters. The van der Waals surface area contributed by atoms with E-state index in [-0.39, 0.29) is 35.1 Å². The Morgan fingerprint density at radius 2 is 1.95 bits per heavy atom. The van der Waals surface area contributed by atoms with Crippen molar-refractivity contribution in [3.8, 4) is 11.4 Å². The lowest BCUT2D eigenvalue weighted by Gasteiger charge is -2.08. The summed E-state index contributed by atoms with van der Waals surface area (Å²) in [6.07, 6.45) is 1.24. The van der Waals surface area contributed by atoms with Gasteiger partial charge in [0, 0.05) is 17.8 Å². The lowest BCUT2D eigenvalue weighted by atomic mass is 10.1. The molecule has 0 fully saturated rings. The van der Waals surface area contributed by atoms with Crippen molar-refractivity contribution in [1.29, 1.82) is 0 Å². The molecule has 7 heteroatoms. The summed E-state index contributed by atoms with van der Waals surface area (Å²) in [7, 11) is 0. The quantitative estimate of drug-likeness (QED) is 0.642. The van der Waals surface area contributed by atoms with Gasteiger partial charge in [0.15, 0.2) is 5.82 Å². The molecule has 0 amide bonds. The van der Waals surface area contributed by atoms with Crippen LogP contribution in [0.25, 0.3) is 11.4 Å². The lowest BCUT2D eigenvalue weighted by molar-refractivity contribution is 0.0524. The number of hydrogen-bond acceptors (Lipinski definition) is 4. The largest absolute Gasteiger partial charge is 0.462 e. The first kappa shape index (κ1) is 15.3. The molecule has 0 atom stereocenters. The molecule has 0 saturated carbocycles. The first-order valence-corrected chi connectivity index (χ1v) is 6.64. The highest BCUT2D eigenvalue weighted by Crippen LogP contribution is 2.20. The fourth-order valence-corrected chi connectivity index (χ4v) is 1.92. The summed E-state index contributed by atoms with van der Waals surface area (Å²) >= 11 is 5.75. The maximum atomic E-state index is 13.2. The van der Waals surface area contributed by atoms with E-state index in [1.807, 2.05) is 0 Å². The summed E-state index contributed by atoms with van der Waals surface area (Å²) < 4.78 is 31.3. The topological polar surface area (TPSA) is 52.1 Å². The zero-order valence-corrected chi connectivity index (χ0v) is 11.8. The van der Waals surface area contributed by atoms with Crippen LogP contribution in [-0.2, 0) is 10.6 Å². The number of nitrogens with zero attached hydrogens (tertiary/aromatic N) is 2. The number of carbonyl (C=O) groups excluding carboxylic acids is 1. The van der Waals surface area contributed by atoms with Crippen LogP contribution in [0.3, 0.4) is 0 Å². The highest BCUT2D eigenvalue weighted by atomic mass is 35.5. The standard InChI is InChI=1S/C14H11ClF2N2O2/c1-2-21-14(20)11-7-18-13(19-12(11)6-15)8-3-9(16)5-10(17)4-8/h3-5,7H,2,6H2,1H3. The summed E-state index contributed by atoms with van der Waals surface area (Å²) in [5.74, 6) is -2.05. The number of halogens is 3. The molecule has 0 aliphatic heterocycles. The van der Waals surface area contributed by atoms with Crippen LogP contribution in [0.5, 0.6) is 0 Å². The molecule has 1 heterocycles. The molecule has 4 nitrogen and oxygen atoms in total. The van der Waals surface area contributed by atoms with Crippen molar-refractivity contribution in [3.05, 3.63) is 47.3 Å². The van der Waals surface area contributed by atoms with Crippen molar-refractivity contribution in [1.82, 2.24) is 9.97 Å². The molecule has 0 saturated heterocycles. The van der Waals surface area contributed by atoms with E-state index in [0.717, 1.165) is 18.2 Å². The average molecular weight is 313 g/mol. The Labute approximate surface area is 124 Å². The molecule has 1 aromatic heterocycles. The molecule has 2 rings (SSSR count). The van der Waals surface area contributed by atoms with Crippen molar-refractivity contribution in [2.24, 2.45) is 0 Å². The van der Waals surface area contributed by atoms with Gasteiger partial charge in [-0.3, -0.25) is 0 Å². The second-order valence-corrected chi connectivity index (χ2v) is 4.33. The molecule has 0 bridgehead atoms. The Hall–Kier alpha value is -2.08. The molecule has 0 radical (unpaired) electrons. The molecule has 0 aliphatic carbocycles. The second kappa shape index (κ2) is 6.58. The minimum absolute atomic E-state index is 0.0541. The summed E-state index contributed by atoms with van der Waals surface area (Å²) in [5, 5.41) is 0. The van der Waals surface area contributed by atoms with Gasteiger partial charge in [-0.1, -0.05) is 0 Å². The van der Waals surface area contributed by atoms with Crippen LogP contribution in [0.15, 0.2) is 24.4 Å². The number of rotatable bonds is 4. The summed E-state index contributed by atoms with van der Waals surface area (Å²) in [6, 6.07) is 2.94. The van der Waals surface area contributed by atoms with E-state index < -0.39 is 17.6 Å². The molecular formula is C14H11ClF2N2O2. The van der Waals surface area contributed by atoms with Gasteiger partial charge < -0.3 is 4.74 Å². The Bertz CT molecular complexity index is 660. The van der Waals surface area contributed by atoms with Crippen molar-refractivity contribution in [3.63, 3.8) is 0 Å². The van der Waals surface area contributed by atoms with Crippen LogP contribution >= 0.6 is 11.6 Å². The van der Waals surface area contributed by atoms with Gasteiger partial charge in [0.1, 0.15) is 17.2 Å². The summed E-state index contributed by atoms with van der Waals surface area (Å²) in [4.78, 5) is 19.7. The van der Waals surface area contributed by atoms with Crippen molar-refractivity contribution in [2.75, 3.05) is 6.61 Å². The number of alkyl halides is 1.